The van der Waals surface area contributed by atoms with Gasteiger partial charge in [0.1, 0.15) is 0 Å². The van der Waals surface area contributed by atoms with Gasteiger partial charge in [-0.05, 0) is 61.0 Å². The van der Waals surface area contributed by atoms with E-state index in [1.807, 2.05) is 75.4 Å². The number of carbonyl (C=O) groups is 1. The minimum absolute atomic E-state index is 0.0301. The third-order valence-electron chi connectivity index (χ3n) is 3.97. The lowest BCUT2D eigenvalue weighted by atomic mass is 10.2. The molecular formula is C19H21N5OS. The first kappa shape index (κ1) is 18.1. The molecule has 3 aromatic rings. The van der Waals surface area contributed by atoms with Crippen LogP contribution < -0.4 is 4.90 Å². The number of amides is 1. The summed E-state index contributed by atoms with van der Waals surface area (Å²) in [4.78, 5) is 14.7. The Bertz CT molecular complexity index is 880. The smallest absolute Gasteiger partial charge is 0.240 e. The number of anilines is 1. The maximum absolute atomic E-state index is 12.9. The molecule has 0 aliphatic rings. The zero-order valence-corrected chi connectivity index (χ0v) is 15.8. The van der Waals surface area contributed by atoms with E-state index in [0.29, 0.717) is 11.7 Å². The van der Waals surface area contributed by atoms with E-state index in [4.69, 9.17) is 0 Å². The van der Waals surface area contributed by atoms with Gasteiger partial charge in [0.15, 0.2) is 0 Å². The summed E-state index contributed by atoms with van der Waals surface area (Å²) in [7, 11) is 0. The first-order valence-corrected chi connectivity index (χ1v) is 9.36. The zero-order valence-electron chi connectivity index (χ0n) is 15.0. The van der Waals surface area contributed by atoms with Gasteiger partial charge in [-0.1, -0.05) is 42.1 Å². The summed E-state index contributed by atoms with van der Waals surface area (Å²) in [6.07, 6.45) is 0. The average Bonchev–Trinajstić information content (AvgIpc) is 3.11. The number of carbonyl (C=O) groups excluding carboxylic acids is 1. The molecule has 0 spiro atoms. The molecule has 7 heteroatoms. The fraction of sp³-hybridized carbons (Fsp3) is 0.263. The fourth-order valence-electron chi connectivity index (χ4n) is 2.68. The van der Waals surface area contributed by atoms with Crippen LogP contribution in [-0.4, -0.2) is 37.9 Å². The highest BCUT2D eigenvalue weighted by Crippen LogP contribution is 2.26. The summed E-state index contributed by atoms with van der Waals surface area (Å²) in [5.41, 5.74) is 2.90. The van der Waals surface area contributed by atoms with E-state index in [0.717, 1.165) is 16.9 Å². The predicted octanol–water partition coefficient (Wildman–Crippen LogP) is 3.50. The Labute approximate surface area is 157 Å². The molecule has 26 heavy (non-hydrogen) atoms. The van der Waals surface area contributed by atoms with Gasteiger partial charge in [-0.15, -0.1) is 5.10 Å². The van der Waals surface area contributed by atoms with Crippen LogP contribution in [0, 0.1) is 6.92 Å². The molecule has 3 rings (SSSR count). The molecule has 0 radical (unpaired) electrons. The molecule has 134 valence electrons. The maximum Gasteiger partial charge on any atom is 0.240 e. The lowest BCUT2D eigenvalue weighted by Crippen LogP contribution is -2.36. The molecule has 0 aliphatic heterocycles. The van der Waals surface area contributed by atoms with Crippen molar-refractivity contribution in [1.29, 1.82) is 0 Å². The van der Waals surface area contributed by atoms with Crippen molar-refractivity contribution in [2.24, 2.45) is 0 Å². The second kappa shape index (κ2) is 8.14. The van der Waals surface area contributed by atoms with Crippen LogP contribution in [0.1, 0.15) is 19.4 Å². The highest BCUT2D eigenvalue weighted by atomic mass is 32.2. The molecule has 0 aliphatic carbocycles. The van der Waals surface area contributed by atoms with E-state index >= 15 is 0 Å². The minimum Gasteiger partial charge on any atom is -0.312 e. The van der Waals surface area contributed by atoms with E-state index in [2.05, 4.69) is 15.5 Å². The molecule has 0 N–H and O–H groups in total. The van der Waals surface area contributed by atoms with Crippen molar-refractivity contribution in [3.8, 4) is 5.69 Å². The first-order valence-electron chi connectivity index (χ1n) is 8.48. The normalized spacial score (nSPS) is 12.0. The lowest BCUT2D eigenvalue weighted by Gasteiger charge is -2.24. The van der Waals surface area contributed by atoms with Gasteiger partial charge in [0.25, 0.3) is 0 Å². The van der Waals surface area contributed by atoms with Crippen LogP contribution in [0.4, 0.5) is 5.69 Å². The molecule has 0 fully saturated rings. The monoisotopic (exact) mass is 367 g/mol. The van der Waals surface area contributed by atoms with E-state index in [1.54, 1.807) is 9.58 Å². The minimum atomic E-state index is -0.315. The molecule has 6 nitrogen and oxygen atoms in total. The summed E-state index contributed by atoms with van der Waals surface area (Å²) in [6, 6.07) is 17.6. The van der Waals surface area contributed by atoms with Gasteiger partial charge in [-0.2, -0.15) is 4.68 Å². The number of aromatic nitrogens is 4. The number of thioether (sulfide) groups is 1. The van der Waals surface area contributed by atoms with Crippen LogP contribution in [0.15, 0.2) is 59.8 Å². The molecule has 2 aromatic carbocycles. The Kier molecular flexibility index (Phi) is 5.68. The molecule has 1 unspecified atom stereocenters. The van der Waals surface area contributed by atoms with E-state index in [1.165, 1.54) is 11.8 Å². The van der Waals surface area contributed by atoms with Gasteiger partial charge in [0.2, 0.25) is 11.1 Å². The molecule has 1 heterocycles. The largest absolute Gasteiger partial charge is 0.312 e. The zero-order chi connectivity index (χ0) is 18.5. The van der Waals surface area contributed by atoms with Crippen LogP contribution in [0.5, 0.6) is 0 Å². The standard InChI is InChI=1S/C19H21N5OS/c1-4-23(16-10-6-5-7-11-16)18(25)15(3)26-19-20-21-22-24(19)17-12-8-9-14(2)13-17/h5-13,15H,4H2,1-3H3. The number of hydrogen-bond donors (Lipinski definition) is 0. The molecule has 1 aromatic heterocycles. The van der Waals surface area contributed by atoms with E-state index in [9.17, 15) is 4.79 Å². The van der Waals surface area contributed by atoms with E-state index in [-0.39, 0.29) is 11.2 Å². The average molecular weight is 367 g/mol. The highest BCUT2D eigenvalue weighted by molar-refractivity contribution is 8.00. The van der Waals surface area contributed by atoms with Gasteiger partial charge in [0.05, 0.1) is 10.9 Å². The number of aryl methyl sites for hydroxylation is 1. The second-order valence-electron chi connectivity index (χ2n) is 5.89. The van der Waals surface area contributed by atoms with Crippen molar-refractivity contribution in [2.75, 3.05) is 11.4 Å². The molecule has 0 saturated heterocycles. The number of para-hydroxylation sites is 1. The van der Waals surface area contributed by atoms with Crippen molar-refractivity contribution in [2.45, 2.75) is 31.2 Å². The Hall–Kier alpha value is -2.67. The number of nitrogens with zero attached hydrogens (tertiary/aromatic N) is 5. The fourth-order valence-corrected chi connectivity index (χ4v) is 3.55. The Morgan fingerprint density at radius 3 is 2.65 bits per heavy atom. The van der Waals surface area contributed by atoms with Crippen LogP contribution in [0.25, 0.3) is 5.69 Å². The van der Waals surface area contributed by atoms with Crippen molar-refractivity contribution >= 4 is 23.4 Å². The van der Waals surface area contributed by atoms with Crippen molar-refractivity contribution in [3.63, 3.8) is 0 Å². The number of hydrogen-bond acceptors (Lipinski definition) is 5. The van der Waals surface area contributed by atoms with E-state index < -0.39 is 0 Å². The van der Waals surface area contributed by atoms with Gasteiger partial charge >= 0.3 is 0 Å². The number of rotatable bonds is 6. The molecule has 0 saturated carbocycles. The summed E-state index contributed by atoms with van der Waals surface area (Å²) in [5.74, 6) is 0.0301. The van der Waals surface area contributed by atoms with Crippen LogP contribution in [0.3, 0.4) is 0 Å². The van der Waals surface area contributed by atoms with Gasteiger partial charge in [-0.3, -0.25) is 4.79 Å². The van der Waals surface area contributed by atoms with Crippen molar-refractivity contribution in [1.82, 2.24) is 20.2 Å². The Morgan fingerprint density at radius 2 is 1.96 bits per heavy atom. The predicted molar refractivity (Wildman–Crippen MR) is 104 cm³/mol. The van der Waals surface area contributed by atoms with Crippen LogP contribution >= 0.6 is 11.8 Å². The van der Waals surface area contributed by atoms with Crippen molar-refractivity contribution < 1.29 is 4.79 Å². The van der Waals surface area contributed by atoms with Gasteiger partial charge < -0.3 is 4.90 Å². The lowest BCUT2D eigenvalue weighted by molar-refractivity contribution is -0.117. The Morgan fingerprint density at radius 1 is 1.19 bits per heavy atom. The molecule has 1 amide bonds. The van der Waals surface area contributed by atoms with Gasteiger partial charge in [-0.25, -0.2) is 0 Å². The van der Waals surface area contributed by atoms with Gasteiger partial charge in [0, 0.05) is 12.2 Å². The van der Waals surface area contributed by atoms with Crippen LogP contribution in [0.2, 0.25) is 0 Å². The maximum atomic E-state index is 12.9. The number of tetrazole rings is 1. The highest BCUT2D eigenvalue weighted by Gasteiger charge is 2.24. The third-order valence-corrected chi connectivity index (χ3v) is 4.99. The molecule has 0 bridgehead atoms. The summed E-state index contributed by atoms with van der Waals surface area (Å²) >= 11 is 1.36. The van der Waals surface area contributed by atoms with Crippen molar-refractivity contribution in [3.05, 3.63) is 60.2 Å². The SMILES string of the molecule is CCN(C(=O)C(C)Sc1nnnn1-c1cccc(C)c1)c1ccccc1. The Balaban J connectivity index is 1.79. The number of benzene rings is 2. The molecular weight excluding hydrogens is 346 g/mol. The molecule has 1 atom stereocenters. The summed E-state index contributed by atoms with van der Waals surface area (Å²) < 4.78 is 1.67. The second-order valence-corrected chi connectivity index (χ2v) is 7.20. The summed E-state index contributed by atoms with van der Waals surface area (Å²) in [5, 5.41) is 12.2. The summed E-state index contributed by atoms with van der Waals surface area (Å²) in [6.45, 7) is 6.48. The first-order chi connectivity index (χ1) is 12.6. The third kappa shape index (κ3) is 3.94. The quantitative estimate of drug-likeness (QED) is 0.624. The topological polar surface area (TPSA) is 63.9 Å². The van der Waals surface area contributed by atoms with Crippen LogP contribution in [-0.2, 0) is 4.79 Å².